The standard InChI is InChI=1S/C18H15F3N4S/c1-26-17-24-23-16(11-13-6-3-2-4-7-13)25(17)22-12-14-8-5-9-15(10-14)18(19,20)21/h2-10,12H,11H2,1H3/b22-12-. The molecule has 0 spiro atoms. The highest BCUT2D eigenvalue weighted by molar-refractivity contribution is 7.98. The minimum atomic E-state index is -4.39. The van der Waals surface area contributed by atoms with Crippen molar-refractivity contribution >= 4 is 18.0 Å². The van der Waals surface area contributed by atoms with Gasteiger partial charge >= 0.3 is 6.18 Å². The summed E-state index contributed by atoms with van der Waals surface area (Å²) in [5, 5.41) is 13.1. The van der Waals surface area contributed by atoms with Crippen LogP contribution in [-0.2, 0) is 12.6 Å². The monoisotopic (exact) mass is 376 g/mol. The number of thioether (sulfide) groups is 1. The van der Waals surface area contributed by atoms with E-state index in [1.165, 1.54) is 24.0 Å². The van der Waals surface area contributed by atoms with Crippen LogP contribution in [0.3, 0.4) is 0 Å². The van der Waals surface area contributed by atoms with E-state index < -0.39 is 11.7 Å². The average molecular weight is 376 g/mol. The minimum Gasteiger partial charge on any atom is -0.191 e. The quantitative estimate of drug-likeness (QED) is 0.487. The Morgan fingerprint density at radius 1 is 1.08 bits per heavy atom. The Kier molecular flexibility index (Phi) is 5.41. The van der Waals surface area contributed by atoms with E-state index in [4.69, 9.17) is 0 Å². The Morgan fingerprint density at radius 2 is 1.85 bits per heavy atom. The van der Waals surface area contributed by atoms with Gasteiger partial charge in [0.25, 0.3) is 0 Å². The maximum absolute atomic E-state index is 12.8. The van der Waals surface area contributed by atoms with Gasteiger partial charge in [-0.25, -0.2) is 0 Å². The molecule has 0 bridgehead atoms. The largest absolute Gasteiger partial charge is 0.416 e. The molecular formula is C18H15F3N4S. The molecule has 0 unspecified atom stereocenters. The molecule has 0 amide bonds. The molecule has 0 aliphatic heterocycles. The molecule has 26 heavy (non-hydrogen) atoms. The number of nitrogens with zero attached hydrogens (tertiary/aromatic N) is 4. The van der Waals surface area contributed by atoms with Crippen LogP contribution in [-0.4, -0.2) is 27.3 Å². The third kappa shape index (κ3) is 4.32. The van der Waals surface area contributed by atoms with Gasteiger partial charge < -0.3 is 0 Å². The lowest BCUT2D eigenvalue weighted by Crippen LogP contribution is -2.05. The molecule has 0 atom stereocenters. The fourth-order valence-corrected chi connectivity index (χ4v) is 2.80. The third-order valence-electron chi connectivity index (χ3n) is 3.60. The molecule has 1 aromatic heterocycles. The number of halogens is 3. The topological polar surface area (TPSA) is 43.1 Å². The molecular weight excluding hydrogens is 361 g/mol. The summed E-state index contributed by atoms with van der Waals surface area (Å²) < 4.78 is 40.1. The Labute approximate surface area is 152 Å². The number of hydrogen-bond donors (Lipinski definition) is 0. The third-order valence-corrected chi connectivity index (χ3v) is 4.22. The lowest BCUT2D eigenvalue weighted by Gasteiger charge is -2.07. The van der Waals surface area contributed by atoms with E-state index in [1.807, 2.05) is 36.6 Å². The van der Waals surface area contributed by atoms with Crippen molar-refractivity contribution in [3.8, 4) is 0 Å². The number of hydrogen-bond acceptors (Lipinski definition) is 4. The van der Waals surface area contributed by atoms with Crippen molar-refractivity contribution in [3.05, 3.63) is 77.1 Å². The van der Waals surface area contributed by atoms with Gasteiger partial charge in [0, 0.05) is 6.42 Å². The Morgan fingerprint density at radius 3 is 2.54 bits per heavy atom. The minimum absolute atomic E-state index is 0.353. The van der Waals surface area contributed by atoms with Crippen molar-refractivity contribution in [3.63, 3.8) is 0 Å². The maximum atomic E-state index is 12.8. The Bertz CT molecular complexity index is 904. The first kappa shape index (κ1) is 18.2. The lowest BCUT2D eigenvalue weighted by molar-refractivity contribution is -0.137. The molecule has 0 fully saturated rings. The van der Waals surface area contributed by atoms with E-state index in [2.05, 4.69) is 15.3 Å². The predicted molar refractivity (Wildman–Crippen MR) is 95.5 cm³/mol. The molecule has 0 saturated carbocycles. The molecule has 2 aromatic carbocycles. The zero-order chi connectivity index (χ0) is 18.6. The summed E-state index contributed by atoms with van der Waals surface area (Å²) in [6.07, 6.45) is -0.642. The fraction of sp³-hybridized carbons (Fsp3) is 0.167. The predicted octanol–water partition coefficient (Wildman–Crippen LogP) is 4.49. The molecule has 8 heteroatoms. The summed E-state index contributed by atoms with van der Waals surface area (Å²) in [7, 11) is 0. The first-order valence-electron chi connectivity index (χ1n) is 7.71. The molecule has 1 heterocycles. The fourth-order valence-electron chi connectivity index (χ4n) is 2.35. The van der Waals surface area contributed by atoms with Crippen LogP contribution >= 0.6 is 11.8 Å². The highest BCUT2D eigenvalue weighted by Gasteiger charge is 2.30. The van der Waals surface area contributed by atoms with Crippen molar-refractivity contribution in [1.29, 1.82) is 0 Å². The Balaban J connectivity index is 1.89. The molecule has 0 aliphatic carbocycles. The van der Waals surface area contributed by atoms with Gasteiger partial charge in [-0.1, -0.05) is 54.2 Å². The van der Waals surface area contributed by atoms with E-state index in [9.17, 15) is 13.2 Å². The normalized spacial score (nSPS) is 12.0. The second-order valence-electron chi connectivity index (χ2n) is 5.44. The van der Waals surface area contributed by atoms with Crippen LogP contribution in [0.5, 0.6) is 0 Å². The molecule has 3 aromatic rings. The first-order chi connectivity index (χ1) is 12.5. The Hall–Kier alpha value is -2.61. The average Bonchev–Trinajstić information content (AvgIpc) is 3.02. The van der Waals surface area contributed by atoms with Crippen molar-refractivity contribution in [2.75, 3.05) is 6.26 Å². The van der Waals surface area contributed by atoms with E-state index in [-0.39, 0.29) is 0 Å². The van der Waals surface area contributed by atoms with Crippen LogP contribution in [0, 0.1) is 0 Å². The van der Waals surface area contributed by atoms with Gasteiger partial charge in [0.2, 0.25) is 5.16 Å². The summed E-state index contributed by atoms with van der Waals surface area (Å²) >= 11 is 1.36. The summed E-state index contributed by atoms with van der Waals surface area (Å²) in [4.78, 5) is 0. The van der Waals surface area contributed by atoms with Gasteiger partial charge in [-0.05, 0) is 29.5 Å². The molecule has 0 radical (unpaired) electrons. The molecule has 0 aliphatic rings. The molecule has 0 N–H and O–H groups in total. The second-order valence-corrected chi connectivity index (χ2v) is 6.22. The van der Waals surface area contributed by atoms with Crippen molar-refractivity contribution in [1.82, 2.24) is 14.9 Å². The van der Waals surface area contributed by atoms with Crippen LogP contribution in [0.25, 0.3) is 0 Å². The number of benzene rings is 2. The van der Waals surface area contributed by atoms with E-state index in [1.54, 1.807) is 10.7 Å². The smallest absolute Gasteiger partial charge is 0.191 e. The van der Waals surface area contributed by atoms with Crippen LogP contribution in [0.2, 0.25) is 0 Å². The van der Waals surface area contributed by atoms with Crippen molar-refractivity contribution < 1.29 is 13.2 Å². The van der Waals surface area contributed by atoms with Crippen molar-refractivity contribution in [2.24, 2.45) is 5.10 Å². The van der Waals surface area contributed by atoms with E-state index >= 15 is 0 Å². The second kappa shape index (κ2) is 7.74. The highest BCUT2D eigenvalue weighted by Crippen LogP contribution is 2.29. The molecule has 4 nitrogen and oxygen atoms in total. The van der Waals surface area contributed by atoms with Crippen LogP contribution in [0.15, 0.2) is 64.9 Å². The van der Waals surface area contributed by atoms with Crippen molar-refractivity contribution in [2.45, 2.75) is 17.8 Å². The van der Waals surface area contributed by atoms with Crippen LogP contribution in [0.1, 0.15) is 22.5 Å². The first-order valence-corrected chi connectivity index (χ1v) is 8.93. The molecule has 3 rings (SSSR count). The van der Waals surface area contributed by atoms with Gasteiger partial charge in [0.1, 0.15) is 0 Å². The van der Waals surface area contributed by atoms with Crippen LogP contribution < -0.4 is 0 Å². The number of alkyl halides is 3. The van der Waals surface area contributed by atoms with E-state index in [0.717, 1.165) is 17.7 Å². The van der Waals surface area contributed by atoms with Crippen LogP contribution in [0.4, 0.5) is 13.2 Å². The number of aromatic nitrogens is 3. The SMILES string of the molecule is CSc1nnc(Cc2ccccc2)n1/N=C\c1cccc(C(F)(F)F)c1. The highest BCUT2D eigenvalue weighted by atomic mass is 32.2. The molecule has 0 saturated heterocycles. The van der Waals surface area contributed by atoms with Gasteiger partial charge in [-0.2, -0.15) is 22.9 Å². The summed E-state index contributed by atoms with van der Waals surface area (Å²) in [6, 6.07) is 14.7. The zero-order valence-corrected chi connectivity index (χ0v) is 14.6. The maximum Gasteiger partial charge on any atom is 0.416 e. The summed E-state index contributed by atoms with van der Waals surface area (Å²) in [5.41, 5.74) is 0.689. The van der Waals surface area contributed by atoms with Gasteiger partial charge in [-0.15, -0.1) is 10.2 Å². The van der Waals surface area contributed by atoms with E-state index in [0.29, 0.717) is 23.0 Å². The zero-order valence-electron chi connectivity index (χ0n) is 13.8. The summed E-state index contributed by atoms with van der Waals surface area (Å²) in [6.45, 7) is 0. The van der Waals surface area contributed by atoms with Gasteiger partial charge in [-0.3, -0.25) is 0 Å². The lowest BCUT2D eigenvalue weighted by atomic mass is 10.1. The number of rotatable bonds is 5. The van der Waals surface area contributed by atoms with Gasteiger partial charge in [0.05, 0.1) is 11.8 Å². The molecule has 134 valence electrons. The summed E-state index contributed by atoms with van der Waals surface area (Å²) in [5.74, 6) is 0.615. The van der Waals surface area contributed by atoms with Gasteiger partial charge in [0.15, 0.2) is 5.82 Å².